The summed E-state index contributed by atoms with van der Waals surface area (Å²) in [6, 6.07) is 6.44. The molecule has 1 unspecified atom stereocenters. The summed E-state index contributed by atoms with van der Waals surface area (Å²) in [6.07, 6.45) is 0.957. The third-order valence-electron chi connectivity index (χ3n) is 2.49. The van der Waals surface area contributed by atoms with Gasteiger partial charge in [0.25, 0.3) is 0 Å². The van der Waals surface area contributed by atoms with Crippen molar-refractivity contribution >= 4 is 45.9 Å². The lowest BCUT2D eigenvalue weighted by atomic mass is 10.1. The van der Waals surface area contributed by atoms with Crippen molar-refractivity contribution in [1.82, 2.24) is 5.32 Å². The van der Waals surface area contributed by atoms with Crippen molar-refractivity contribution < 1.29 is 0 Å². The van der Waals surface area contributed by atoms with Gasteiger partial charge in [-0.15, -0.1) is 22.7 Å². The number of hydrogen-bond donors (Lipinski definition) is 1. The fraction of sp³-hybridized carbons (Fsp3) is 0.333. The maximum atomic E-state index is 6.21. The van der Waals surface area contributed by atoms with Crippen LogP contribution in [0, 0.1) is 0 Å². The summed E-state index contributed by atoms with van der Waals surface area (Å²) in [7, 11) is 0. The summed E-state index contributed by atoms with van der Waals surface area (Å²) in [4.78, 5) is 1.36. The SMILES string of the molecule is CCNC(Cc1cccs1)c1cc(Cl)sc1Cl. The zero-order valence-electron chi connectivity index (χ0n) is 9.37. The van der Waals surface area contributed by atoms with Crippen molar-refractivity contribution in [2.45, 2.75) is 19.4 Å². The Balaban J connectivity index is 2.19. The molecular weight excluding hydrogens is 293 g/mol. The van der Waals surface area contributed by atoms with Crippen LogP contribution >= 0.6 is 45.9 Å². The highest BCUT2D eigenvalue weighted by Crippen LogP contribution is 2.36. The molecule has 2 rings (SSSR count). The van der Waals surface area contributed by atoms with Crippen molar-refractivity contribution in [1.29, 1.82) is 0 Å². The molecule has 2 aromatic rings. The van der Waals surface area contributed by atoms with Crippen LogP contribution in [0.15, 0.2) is 23.6 Å². The largest absolute Gasteiger partial charge is 0.310 e. The summed E-state index contributed by atoms with van der Waals surface area (Å²) in [5, 5.41) is 5.56. The monoisotopic (exact) mass is 305 g/mol. The van der Waals surface area contributed by atoms with E-state index in [4.69, 9.17) is 23.2 Å². The minimum Gasteiger partial charge on any atom is -0.310 e. The molecule has 0 aliphatic carbocycles. The topological polar surface area (TPSA) is 12.0 Å². The van der Waals surface area contributed by atoms with Gasteiger partial charge in [-0.05, 0) is 24.1 Å². The van der Waals surface area contributed by atoms with E-state index in [2.05, 4.69) is 29.8 Å². The van der Waals surface area contributed by atoms with Gasteiger partial charge in [0.15, 0.2) is 0 Å². The minimum absolute atomic E-state index is 0.245. The van der Waals surface area contributed by atoms with Crippen molar-refractivity contribution in [3.05, 3.63) is 42.7 Å². The summed E-state index contributed by atoms with van der Waals surface area (Å²) in [5.74, 6) is 0. The van der Waals surface area contributed by atoms with Gasteiger partial charge in [-0.1, -0.05) is 36.2 Å². The summed E-state index contributed by atoms with van der Waals surface area (Å²) in [6.45, 7) is 3.02. The number of halogens is 2. The molecule has 0 aliphatic rings. The van der Waals surface area contributed by atoms with Gasteiger partial charge in [0.1, 0.15) is 0 Å². The van der Waals surface area contributed by atoms with Crippen LogP contribution in [0.25, 0.3) is 0 Å². The molecule has 0 saturated heterocycles. The Labute approximate surface area is 119 Å². The van der Waals surface area contributed by atoms with Crippen molar-refractivity contribution in [2.75, 3.05) is 6.54 Å². The van der Waals surface area contributed by atoms with Gasteiger partial charge in [-0.3, -0.25) is 0 Å². The Kier molecular flexibility index (Phi) is 4.88. The number of rotatable bonds is 5. The van der Waals surface area contributed by atoms with Gasteiger partial charge in [-0.25, -0.2) is 0 Å². The van der Waals surface area contributed by atoms with Crippen LogP contribution in [0.2, 0.25) is 8.67 Å². The molecule has 0 spiro atoms. The van der Waals surface area contributed by atoms with Gasteiger partial charge in [-0.2, -0.15) is 0 Å². The molecule has 92 valence electrons. The summed E-state index contributed by atoms with van der Waals surface area (Å²) < 4.78 is 1.54. The average Bonchev–Trinajstić information content (AvgIpc) is 2.88. The highest BCUT2D eigenvalue weighted by Gasteiger charge is 2.17. The highest BCUT2D eigenvalue weighted by atomic mass is 35.5. The van der Waals surface area contributed by atoms with Crippen LogP contribution in [0.5, 0.6) is 0 Å². The Hall–Kier alpha value is -0.0600. The summed E-state index contributed by atoms with van der Waals surface area (Å²) >= 11 is 15.4. The molecular formula is C12H13Cl2NS2. The number of hydrogen-bond acceptors (Lipinski definition) is 3. The quantitative estimate of drug-likeness (QED) is 0.819. The molecule has 17 heavy (non-hydrogen) atoms. The minimum atomic E-state index is 0.245. The van der Waals surface area contributed by atoms with Gasteiger partial charge in [0.2, 0.25) is 0 Å². The van der Waals surface area contributed by atoms with Gasteiger partial charge in [0.05, 0.1) is 8.67 Å². The van der Waals surface area contributed by atoms with Crippen LogP contribution in [0.3, 0.4) is 0 Å². The number of thiophene rings is 2. The molecule has 0 radical (unpaired) electrons. The molecule has 2 aromatic heterocycles. The molecule has 1 nitrogen and oxygen atoms in total. The van der Waals surface area contributed by atoms with Crippen molar-refractivity contribution in [3.8, 4) is 0 Å². The Morgan fingerprint density at radius 1 is 1.41 bits per heavy atom. The molecule has 1 atom stereocenters. The molecule has 5 heteroatoms. The first kappa shape index (κ1) is 13.4. The van der Waals surface area contributed by atoms with Crippen LogP contribution in [-0.2, 0) is 6.42 Å². The van der Waals surface area contributed by atoms with Crippen LogP contribution < -0.4 is 5.32 Å². The van der Waals surface area contributed by atoms with Crippen LogP contribution in [0.4, 0.5) is 0 Å². The van der Waals surface area contributed by atoms with Gasteiger partial charge < -0.3 is 5.32 Å². The third-order valence-corrected chi connectivity index (χ3v) is 4.91. The van der Waals surface area contributed by atoms with Crippen molar-refractivity contribution in [2.24, 2.45) is 0 Å². The predicted octanol–water partition coefficient (Wildman–Crippen LogP) is 5.01. The Morgan fingerprint density at radius 3 is 2.76 bits per heavy atom. The summed E-state index contributed by atoms with van der Waals surface area (Å²) in [5.41, 5.74) is 1.11. The molecule has 0 fully saturated rings. The van der Waals surface area contributed by atoms with E-state index in [0.717, 1.165) is 27.2 Å². The molecule has 1 N–H and O–H groups in total. The van der Waals surface area contributed by atoms with E-state index in [9.17, 15) is 0 Å². The predicted molar refractivity (Wildman–Crippen MR) is 78.8 cm³/mol. The van der Waals surface area contributed by atoms with E-state index < -0.39 is 0 Å². The van der Waals surface area contributed by atoms with Gasteiger partial charge >= 0.3 is 0 Å². The lowest BCUT2D eigenvalue weighted by Crippen LogP contribution is -2.22. The van der Waals surface area contributed by atoms with E-state index in [1.807, 2.05) is 6.07 Å². The second-order valence-electron chi connectivity index (χ2n) is 3.67. The smallest absolute Gasteiger partial charge is 0.0992 e. The maximum Gasteiger partial charge on any atom is 0.0992 e. The van der Waals surface area contributed by atoms with E-state index in [1.54, 1.807) is 11.3 Å². The molecule has 0 aliphatic heterocycles. The second kappa shape index (κ2) is 6.21. The Morgan fingerprint density at radius 2 is 2.24 bits per heavy atom. The van der Waals surface area contributed by atoms with Gasteiger partial charge in [0, 0.05) is 22.9 Å². The van der Waals surface area contributed by atoms with E-state index in [0.29, 0.717) is 0 Å². The normalized spacial score (nSPS) is 12.9. The van der Waals surface area contributed by atoms with E-state index in [1.165, 1.54) is 16.2 Å². The fourth-order valence-electron chi connectivity index (χ4n) is 1.76. The maximum absolute atomic E-state index is 6.21. The van der Waals surface area contributed by atoms with Crippen LogP contribution in [0.1, 0.15) is 23.4 Å². The fourth-order valence-corrected chi connectivity index (χ4v) is 4.09. The standard InChI is InChI=1S/C12H13Cl2NS2/c1-2-15-10(6-8-4-3-5-16-8)9-7-11(13)17-12(9)14/h3-5,7,10,15H,2,6H2,1H3. The highest BCUT2D eigenvalue weighted by molar-refractivity contribution is 7.20. The molecule has 0 saturated carbocycles. The van der Waals surface area contributed by atoms with E-state index >= 15 is 0 Å². The third kappa shape index (κ3) is 3.46. The molecule has 0 aromatic carbocycles. The average molecular weight is 306 g/mol. The zero-order chi connectivity index (χ0) is 12.3. The lowest BCUT2D eigenvalue weighted by Gasteiger charge is -2.16. The Bertz CT molecular complexity index is 465. The molecule has 0 bridgehead atoms. The number of nitrogens with one attached hydrogen (secondary N) is 1. The second-order valence-corrected chi connectivity index (χ2v) is 6.99. The molecule has 2 heterocycles. The zero-order valence-corrected chi connectivity index (χ0v) is 12.5. The van der Waals surface area contributed by atoms with Crippen molar-refractivity contribution in [3.63, 3.8) is 0 Å². The number of likely N-dealkylation sites (N-methyl/N-ethyl adjacent to an activating group) is 1. The molecule has 0 amide bonds. The van der Waals surface area contributed by atoms with E-state index in [-0.39, 0.29) is 6.04 Å². The lowest BCUT2D eigenvalue weighted by molar-refractivity contribution is 0.555. The van der Waals surface area contributed by atoms with Crippen LogP contribution in [-0.4, -0.2) is 6.54 Å². The first-order chi connectivity index (χ1) is 8.20. The first-order valence-electron chi connectivity index (χ1n) is 5.41. The first-order valence-corrected chi connectivity index (χ1v) is 7.86.